The Morgan fingerprint density at radius 3 is 2.62 bits per heavy atom. The Morgan fingerprint density at radius 2 is 1.93 bits per heavy atom. The molecule has 29 heavy (non-hydrogen) atoms. The number of amides is 2. The van der Waals surface area contributed by atoms with Crippen LogP contribution < -0.4 is 10.2 Å². The first-order valence-corrected chi connectivity index (χ1v) is 9.87. The largest absolute Gasteiger partial charge is 0.450 e. The molecule has 1 saturated heterocycles. The summed E-state index contributed by atoms with van der Waals surface area (Å²) < 4.78 is 5.02. The number of ether oxygens (including phenoxy) is 1. The van der Waals surface area contributed by atoms with Gasteiger partial charge >= 0.3 is 6.09 Å². The first-order chi connectivity index (χ1) is 14.1. The van der Waals surface area contributed by atoms with E-state index in [1.807, 2.05) is 42.3 Å². The Hall–Kier alpha value is -3.16. The molecule has 0 bridgehead atoms. The van der Waals surface area contributed by atoms with Gasteiger partial charge in [-0.05, 0) is 31.4 Å². The number of anilines is 1. The minimum Gasteiger partial charge on any atom is -0.450 e. The number of rotatable bonds is 6. The van der Waals surface area contributed by atoms with Gasteiger partial charge in [0, 0.05) is 38.9 Å². The van der Waals surface area contributed by atoms with E-state index in [0.717, 1.165) is 5.56 Å². The Kier molecular flexibility index (Phi) is 6.99. The van der Waals surface area contributed by atoms with Crippen molar-refractivity contribution in [3.8, 4) is 0 Å². The van der Waals surface area contributed by atoms with E-state index in [1.54, 1.807) is 24.1 Å². The molecule has 1 aromatic heterocycles. The number of benzene rings is 1. The minimum absolute atomic E-state index is 0.00800. The third-order valence-corrected chi connectivity index (χ3v) is 4.84. The van der Waals surface area contributed by atoms with Crippen molar-refractivity contribution in [2.24, 2.45) is 0 Å². The summed E-state index contributed by atoms with van der Waals surface area (Å²) >= 11 is 0. The highest BCUT2D eigenvalue weighted by Crippen LogP contribution is 2.14. The lowest BCUT2D eigenvalue weighted by molar-refractivity contribution is 0.0856. The second-order valence-electron chi connectivity index (χ2n) is 7.02. The van der Waals surface area contributed by atoms with E-state index in [-0.39, 0.29) is 18.0 Å². The molecule has 0 unspecified atom stereocenters. The van der Waals surface area contributed by atoms with Gasteiger partial charge in [0.1, 0.15) is 5.69 Å². The van der Waals surface area contributed by atoms with Crippen LogP contribution in [0.2, 0.25) is 0 Å². The first kappa shape index (κ1) is 20.6. The SMILES string of the molecule is CCOC(=O)N1CCC(NC(=O)c2ccnc(N(C)Cc3ccccc3)n2)CC1. The van der Waals surface area contributed by atoms with Crippen molar-refractivity contribution < 1.29 is 14.3 Å². The number of nitrogens with one attached hydrogen (secondary N) is 1. The fourth-order valence-corrected chi connectivity index (χ4v) is 3.27. The van der Waals surface area contributed by atoms with Gasteiger partial charge in [0.25, 0.3) is 5.91 Å². The molecule has 0 spiro atoms. The Morgan fingerprint density at radius 1 is 1.21 bits per heavy atom. The predicted molar refractivity (Wildman–Crippen MR) is 110 cm³/mol. The van der Waals surface area contributed by atoms with Crippen LogP contribution in [0.4, 0.5) is 10.7 Å². The molecule has 8 nitrogen and oxygen atoms in total. The van der Waals surface area contributed by atoms with E-state index in [1.165, 1.54) is 0 Å². The number of likely N-dealkylation sites (tertiary alicyclic amines) is 1. The average molecular weight is 397 g/mol. The monoisotopic (exact) mass is 397 g/mol. The summed E-state index contributed by atoms with van der Waals surface area (Å²) in [6, 6.07) is 11.6. The fourth-order valence-electron chi connectivity index (χ4n) is 3.27. The molecular weight excluding hydrogens is 370 g/mol. The second-order valence-corrected chi connectivity index (χ2v) is 7.02. The summed E-state index contributed by atoms with van der Waals surface area (Å²) in [7, 11) is 1.90. The normalized spacial score (nSPS) is 14.3. The standard InChI is InChI=1S/C21H27N5O3/c1-3-29-21(28)26-13-10-17(11-14-26)23-19(27)18-9-12-22-20(24-18)25(2)15-16-7-5-4-6-8-16/h4-9,12,17H,3,10-11,13-15H2,1-2H3,(H,23,27). The van der Waals surface area contributed by atoms with E-state index in [9.17, 15) is 9.59 Å². The van der Waals surface area contributed by atoms with Crippen molar-refractivity contribution in [2.45, 2.75) is 32.4 Å². The summed E-state index contributed by atoms with van der Waals surface area (Å²) in [6.45, 7) is 3.94. The van der Waals surface area contributed by atoms with Crippen LogP contribution in [0.15, 0.2) is 42.6 Å². The van der Waals surface area contributed by atoms with Crippen molar-refractivity contribution in [2.75, 3.05) is 31.6 Å². The summed E-state index contributed by atoms with van der Waals surface area (Å²) in [5.41, 5.74) is 1.48. The predicted octanol–water partition coefficient (Wildman–Crippen LogP) is 2.46. The zero-order valence-electron chi connectivity index (χ0n) is 16.9. The minimum atomic E-state index is -0.292. The van der Waals surface area contributed by atoms with Crippen LogP contribution in [-0.2, 0) is 11.3 Å². The van der Waals surface area contributed by atoms with Crippen LogP contribution in [0.5, 0.6) is 0 Å². The topological polar surface area (TPSA) is 87.7 Å². The van der Waals surface area contributed by atoms with Gasteiger partial charge in [0.05, 0.1) is 6.61 Å². The number of carbonyl (C=O) groups is 2. The van der Waals surface area contributed by atoms with Gasteiger partial charge < -0.3 is 19.9 Å². The molecule has 1 fully saturated rings. The van der Waals surface area contributed by atoms with Crippen molar-refractivity contribution in [1.29, 1.82) is 0 Å². The highest BCUT2D eigenvalue weighted by atomic mass is 16.6. The summed E-state index contributed by atoms with van der Waals surface area (Å²) in [5, 5.41) is 3.02. The lowest BCUT2D eigenvalue weighted by atomic mass is 10.1. The maximum atomic E-state index is 12.6. The molecule has 1 aromatic carbocycles. The summed E-state index contributed by atoms with van der Waals surface area (Å²) in [6.07, 6.45) is 2.69. The molecule has 0 radical (unpaired) electrons. The maximum absolute atomic E-state index is 12.6. The van der Waals surface area contributed by atoms with Crippen LogP contribution >= 0.6 is 0 Å². The van der Waals surface area contributed by atoms with E-state index in [4.69, 9.17) is 4.74 Å². The number of hydrogen-bond donors (Lipinski definition) is 1. The Bertz CT molecular complexity index is 822. The number of carbonyl (C=O) groups excluding carboxylic acids is 2. The maximum Gasteiger partial charge on any atom is 0.409 e. The lowest BCUT2D eigenvalue weighted by Crippen LogP contribution is -2.46. The molecule has 1 aliphatic rings. The third kappa shape index (κ3) is 5.66. The van der Waals surface area contributed by atoms with E-state index in [0.29, 0.717) is 50.7 Å². The molecule has 0 aliphatic carbocycles. The highest BCUT2D eigenvalue weighted by Gasteiger charge is 2.25. The summed E-state index contributed by atoms with van der Waals surface area (Å²) in [5.74, 6) is 0.273. The number of hydrogen-bond acceptors (Lipinski definition) is 6. The zero-order chi connectivity index (χ0) is 20.6. The molecule has 1 N–H and O–H groups in total. The van der Waals surface area contributed by atoms with Gasteiger partial charge in [-0.15, -0.1) is 0 Å². The Labute approximate surface area is 170 Å². The number of nitrogens with zero attached hydrogens (tertiary/aromatic N) is 4. The molecule has 2 amide bonds. The zero-order valence-corrected chi connectivity index (χ0v) is 16.9. The molecule has 3 rings (SSSR count). The van der Waals surface area contributed by atoms with E-state index >= 15 is 0 Å². The lowest BCUT2D eigenvalue weighted by Gasteiger charge is -2.31. The highest BCUT2D eigenvalue weighted by molar-refractivity contribution is 5.92. The van der Waals surface area contributed by atoms with Crippen LogP contribution in [0.3, 0.4) is 0 Å². The van der Waals surface area contributed by atoms with Crippen LogP contribution in [-0.4, -0.2) is 59.7 Å². The summed E-state index contributed by atoms with van der Waals surface area (Å²) in [4.78, 5) is 36.7. The second kappa shape index (κ2) is 9.86. The molecule has 2 aromatic rings. The van der Waals surface area contributed by atoms with Gasteiger partial charge in [-0.3, -0.25) is 4.79 Å². The number of aromatic nitrogens is 2. The third-order valence-electron chi connectivity index (χ3n) is 4.84. The van der Waals surface area contributed by atoms with Gasteiger partial charge in [-0.25, -0.2) is 14.8 Å². The van der Waals surface area contributed by atoms with Gasteiger partial charge in [-0.2, -0.15) is 0 Å². The smallest absolute Gasteiger partial charge is 0.409 e. The van der Waals surface area contributed by atoms with Gasteiger partial charge in [-0.1, -0.05) is 30.3 Å². The molecule has 0 saturated carbocycles. The first-order valence-electron chi connectivity index (χ1n) is 9.87. The average Bonchev–Trinajstić information content (AvgIpc) is 2.75. The van der Waals surface area contributed by atoms with Crippen LogP contribution in [0, 0.1) is 0 Å². The molecule has 0 atom stereocenters. The van der Waals surface area contributed by atoms with Crippen LogP contribution in [0.25, 0.3) is 0 Å². The molecule has 154 valence electrons. The fraction of sp³-hybridized carbons (Fsp3) is 0.429. The Balaban J connectivity index is 1.55. The van der Waals surface area contributed by atoms with Gasteiger partial charge in [0.2, 0.25) is 5.95 Å². The van der Waals surface area contributed by atoms with Crippen molar-refractivity contribution in [1.82, 2.24) is 20.2 Å². The van der Waals surface area contributed by atoms with E-state index < -0.39 is 0 Å². The molecule has 8 heteroatoms. The molecule has 2 heterocycles. The van der Waals surface area contributed by atoms with Crippen molar-refractivity contribution in [3.63, 3.8) is 0 Å². The van der Waals surface area contributed by atoms with Crippen molar-refractivity contribution >= 4 is 17.9 Å². The van der Waals surface area contributed by atoms with Gasteiger partial charge in [0.15, 0.2) is 0 Å². The quantitative estimate of drug-likeness (QED) is 0.806. The van der Waals surface area contributed by atoms with E-state index in [2.05, 4.69) is 15.3 Å². The van der Waals surface area contributed by atoms with Crippen LogP contribution in [0.1, 0.15) is 35.8 Å². The molecule has 1 aliphatic heterocycles. The number of piperidine rings is 1. The molecular formula is C21H27N5O3. The van der Waals surface area contributed by atoms with Crippen molar-refractivity contribution in [3.05, 3.63) is 53.9 Å².